The van der Waals surface area contributed by atoms with Gasteiger partial charge in [-0.25, -0.2) is 4.98 Å². The number of ketones is 1. The van der Waals surface area contributed by atoms with Crippen molar-refractivity contribution in [1.29, 1.82) is 5.26 Å². The number of aromatic nitrogens is 1. The van der Waals surface area contributed by atoms with Crippen molar-refractivity contribution in [2.45, 2.75) is 18.8 Å². The van der Waals surface area contributed by atoms with Crippen LogP contribution >= 0.6 is 11.3 Å². The van der Waals surface area contributed by atoms with Crippen molar-refractivity contribution in [2.24, 2.45) is 0 Å². The number of aryl methyl sites for hydroxylation is 1. The first-order chi connectivity index (χ1) is 14.1. The second kappa shape index (κ2) is 7.86. The molecular weight excluding hydrogens is 388 g/mol. The minimum absolute atomic E-state index is 0.410. The van der Waals surface area contributed by atoms with Gasteiger partial charge in [0.2, 0.25) is 0 Å². The van der Waals surface area contributed by atoms with Gasteiger partial charge in [0.15, 0.2) is 18.3 Å². The highest BCUT2D eigenvalue weighted by Crippen LogP contribution is 2.44. The van der Waals surface area contributed by atoms with Gasteiger partial charge < -0.3 is 9.47 Å². The molecule has 7 heteroatoms. The van der Waals surface area contributed by atoms with Gasteiger partial charge in [-0.1, -0.05) is 36.4 Å². The Labute approximate surface area is 171 Å². The minimum Gasteiger partial charge on any atom is -0.457 e. The number of Topliss-reactive ketones (excluding diaryl/α,β-unsaturated/α-hetero) is 1. The van der Waals surface area contributed by atoms with Crippen molar-refractivity contribution >= 4 is 23.1 Å². The molecule has 4 rings (SSSR count). The summed E-state index contributed by atoms with van der Waals surface area (Å²) >= 11 is 1.24. The number of esters is 1. The molecule has 29 heavy (non-hydrogen) atoms. The van der Waals surface area contributed by atoms with Crippen LogP contribution in [0.5, 0.6) is 11.5 Å². The van der Waals surface area contributed by atoms with Gasteiger partial charge in [0.1, 0.15) is 22.4 Å². The normalized spacial score (nSPS) is 13.4. The molecule has 0 amide bonds. The predicted octanol–water partition coefficient (Wildman–Crippen LogP) is 4.11. The smallest absolute Gasteiger partial charge is 0.318 e. The molecule has 144 valence electrons. The Balaban J connectivity index is 1.55. The largest absolute Gasteiger partial charge is 0.457 e. The first kappa shape index (κ1) is 18.8. The molecule has 1 aliphatic heterocycles. The Hall–Kier alpha value is -3.50. The monoisotopic (exact) mass is 404 g/mol. The summed E-state index contributed by atoms with van der Waals surface area (Å²) in [5.41, 5.74) is 2.09. The van der Waals surface area contributed by atoms with Crippen molar-refractivity contribution in [3.63, 3.8) is 0 Å². The van der Waals surface area contributed by atoms with Crippen LogP contribution in [0.1, 0.15) is 33.7 Å². The third-order valence-corrected chi connectivity index (χ3v) is 5.63. The second-order valence-corrected chi connectivity index (χ2v) is 7.46. The van der Waals surface area contributed by atoms with Crippen LogP contribution in [0.15, 0.2) is 53.9 Å². The van der Waals surface area contributed by atoms with E-state index in [1.165, 1.54) is 11.3 Å². The van der Waals surface area contributed by atoms with Crippen molar-refractivity contribution in [3.05, 3.63) is 75.7 Å². The highest BCUT2D eigenvalue weighted by molar-refractivity contribution is 7.09. The first-order valence-electron chi connectivity index (χ1n) is 8.95. The molecule has 0 bridgehead atoms. The summed E-state index contributed by atoms with van der Waals surface area (Å²) in [5.74, 6) is -1.65. The zero-order valence-electron chi connectivity index (χ0n) is 15.5. The van der Waals surface area contributed by atoms with E-state index < -0.39 is 30.2 Å². The number of hydrogen-bond donors (Lipinski definition) is 0. The van der Waals surface area contributed by atoms with E-state index in [4.69, 9.17) is 9.47 Å². The fourth-order valence-corrected chi connectivity index (χ4v) is 4.10. The lowest BCUT2D eigenvalue weighted by molar-refractivity contribution is -0.148. The van der Waals surface area contributed by atoms with Gasteiger partial charge in [-0.15, -0.1) is 11.3 Å². The fourth-order valence-electron chi connectivity index (χ4n) is 3.24. The fraction of sp³-hybridized carbons (Fsp3) is 0.182. The quantitative estimate of drug-likeness (QED) is 0.595. The van der Waals surface area contributed by atoms with Gasteiger partial charge in [0.05, 0.1) is 6.07 Å². The number of benzene rings is 2. The van der Waals surface area contributed by atoms with Crippen LogP contribution in [0.2, 0.25) is 0 Å². The van der Waals surface area contributed by atoms with Gasteiger partial charge in [-0.05, 0) is 19.1 Å². The van der Waals surface area contributed by atoms with Crippen molar-refractivity contribution < 1.29 is 19.1 Å². The van der Waals surface area contributed by atoms with E-state index in [9.17, 15) is 14.9 Å². The molecule has 3 aromatic rings. The number of hydrogen-bond acceptors (Lipinski definition) is 7. The number of para-hydroxylation sites is 2. The van der Waals surface area contributed by atoms with E-state index in [1.54, 1.807) is 36.6 Å². The third-order valence-electron chi connectivity index (χ3n) is 4.61. The summed E-state index contributed by atoms with van der Waals surface area (Å²) in [6.07, 6.45) is 0. The Morgan fingerprint density at radius 2 is 1.79 bits per heavy atom. The first-order valence-corrected chi connectivity index (χ1v) is 9.83. The lowest BCUT2D eigenvalue weighted by Crippen LogP contribution is -2.25. The molecule has 0 saturated carbocycles. The molecule has 1 atom stereocenters. The molecule has 1 aromatic heterocycles. The maximum Gasteiger partial charge on any atom is 0.318 e. The number of carbonyl (C=O) groups is 2. The molecule has 0 N–H and O–H groups in total. The van der Waals surface area contributed by atoms with Crippen LogP contribution in [-0.2, 0) is 14.3 Å². The predicted molar refractivity (Wildman–Crippen MR) is 106 cm³/mol. The molecule has 0 aliphatic carbocycles. The van der Waals surface area contributed by atoms with Crippen LogP contribution in [0.4, 0.5) is 0 Å². The van der Waals surface area contributed by atoms with Crippen molar-refractivity contribution in [2.75, 3.05) is 6.61 Å². The summed E-state index contributed by atoms with van der Waals surface area (Å²) in [4.78, 5) is 29.7. The van der Waals surface area contributed by atoms with Crippen LogP contribution in [-0.4, -0.2) is 23.3 Å². The SMILES string of the molecule is Cc1csc([C@H](C#N)C(=O)COC(=O)C2c3ccccc3Oc3ccccc32)n1. The average Bonchev–Trinajstić information content (AvgIpc) is 3.16. The topological polar surface area (TPSA) is 89.3 Å². The zero-order valence-corrected chi connectivity index (χ0v) is 16.3. The van der Waals surface area contributed by atoms with E-state index in [1.807, 2.05) is 30.3 Å². The van der Waals surface area contributed by atoms with Crippen molar-refractivity contribution in [3.8, 4) is 17.6 Å². The number of rotatable bonds is 5. The minimum atomic E-state index is -1.05. The molecule has 0 unspecified atom stereocenters. The van der Waals surface area contributed by atoms with E-state index in [0.717, 1.165) is 5.69 Å². The molecule has 2 aromatic carbocycles. The van der Waals surface area contributed by atoms with E-state index >= 15 is 0 Å². The number of carbonyl (C=O) groups excluding carboxylic acids is 2. The maximum absolute atomic E-state index is 13.0. The molecule has 0 fully saturated rings. The van der Waals surface area contributed by atoms with Gasteiger partial charge in [0.25, 0.3) is 0 Å². The number of fused-ring (bicyclic) bond motifs is 2. The Morgan fingerprint density at radius 3 is 2.34 bits per heavy atom. The van der Waals surface area contributed by atoms with E-state index in [0.29, 0.717) is 27.6 Å². The molecule has 0 radical (unpaired) electrons. The Bertz CT molecular complexity index is 1090. The number of thiazole rings is 1. The summed E-state index contributed by atoms with van der Waals surface area (Å²) < 4.78 is 11.2. The lowest BCUT2D eigenvalue weighted by Gasteiger charge is -2.26. The van der Waals surface area contributed by atoms with Gasteiger partial charge >= 0.3 is 5.97 Å². The lowest BCUT2D eigenvalue weighted by atomic mass is 9.88. The Morgan fingerprint density at radius 1 is 1.17 bits per heavy atom. The average molecular weight is 404 g/mol. The van der Waals surface area contributed by atoms with Crippen LogP contribution < -0.4 is 4.74 Å². The summed E-state index contributed by atoms with van der Waals surface area (Å²) in [7, 11) is 0. The zero-order chi connectivity index (χ0) is 20.4. The molecule has 2 heterocycles. The summed E-state index contributed by atoms with van der Waals surface area (Å²) in [5, 5.41) is 11.6. The standard InChI is InChI=1S/C22H16N2O4S/c1-13-12-29-21(24-13)16(10-23)17(25)11-27-22(26)20-14-6-2-4-8-18(14)28-19-9-5-3-7-15(19)20/h2-9,12,16,20H,11H2,1H3/t16-/m1/s1. The van der Waals surface area contributed by atoms with Gasteiger partial charge in [-0.3, -0.25) is 9.59 Å². The maximum atomic E-state index is 13.0. The van der Waals surface area contributed by atoms with Crippen molar-refractivity contribution in [1.82, 2.24) is 4.98 Å². The number of nitriles is 1. The highest BCUT2D eigenvalue weighted by Gasteiger charge is 2.34. The molecule has 0 saturated heterocycles. The molecule has 0 spiro atoms. The molecule has 1 aliphatic rings. The van der Waals surface area contributed by atoms with E-state index in [-0.39, 0.29) is 0 Å². The number of nitrogens with zero attached hydrogens (tertiary/aromatic N) is 2. The highest BCUT2D eigenvalue weighted by atomic mass is 32.1. The second-order valence-electron chi connectivity index (χ2n) is 6.57. The van der Waals surface area contributed by atoms with Crippen LogP contribution in [0.25, 0.3) is 0 Å². The summed E-state index contributed by atoms with van der Waals surface area (Å²) in [6.45, 7) is 1.30. The summed E-state index contributed by atoms with van der Waals surface area (Å²) in [6, 6.07) is 16.4. The van der Waals surface area contributed by atoms with Gasteiger partial charge in [0, 0.05) is 22.2 Å². The van der Waals surface area contributed by atoms with Gasteiger partial charge in [-0.2, -0.15) is 5.26 Å². The molecule has 6 nitrogen and oxygen atoms in total. The molecular formula is C22H16N2O4S. The van der Waals surface area contributed by atoms with Crippen LogP contribution in [0, 0.1) is 18.3 Å². The van der Waals surface area contributed by atoms with E-state index in [2.05, 4.69) is 4.98 Å². The third kappa shape index (κ3) is 3.62. The van der Waals surface area contributed by atoms with Crippen LogP contribution in [0.3, 0.4) is 0 Å². The number of ether oxygens (including phenoxy) is 2. The Kier molecular flexibility index (Phi) is 5.10.